The van der Waals surface area contributed by atoms with Gasteiger partial charge in [0.2, 0.25) is 0 Å². The number of rotatable bonds is 6. The van der Waals surface area contributed by atoms with Gasteiger partial charge < -0.3 is 15.4 Å². The maximum atomic E-state index is 13.8. The zero-order valence-electron chi connectivity index (χ0n) is 19.4. The summed E-state index contributed by atoms with van der Waals surface area (Å²) in [7, 11) is 0. The molecule has 6 nitrogen and oxygen atoms in total. The number of hydrogen-bond acceptors (Lipinski definition) is 4. The molecule has 2 atom stereocenters. The molecule has 1 aliphatic rings. The van der Waals surface area contributed by atoms with Gasteiger partial charge in [-0.05, 0) is 85.6 Å². The minimum absolute atomic E-state index is 0.175. The summed E-state index contributed by atoms with van der Waals surface area (Å²) in [5, 5.41) is 4.78. The molecule has 0 unspecified atom stereocenters. The number of aromatic nitrogens is 2. The predicted molar refractivity (Wildman–Crippen MR) is 136 cm³/mol. The van der Waals surface area contributed by atoms with Crippen LogP contribution in [0.25, 0.3) is 16.9 Å². The third-order valence-corrected chi connectivity index (χ3v) is 6.61. The van der Waals surface area contributed by atoms with E-state index in [4.69, 9.17) is 15.6 Å². The number of carbonyl (C=O) groups excluding carboxylic acids is 1. The van der Waals surface area contributed by atoms with Crippen LogP contribution >= 0.6 is 15.9 Å². The van der Waals surface area contributed by atoms with Gasteiger partial charge >= 0.3 is 0 Å². The Morgan fingerprint density at radius 2 is 1.75 bits per heavy atom. The van der Waals surface area contributed by atoms with Crippen molar-refractivity contribution in [2.24, 2.45) is 0 Å². The summed E-state index contributed by atoms with van der Waals surface area (Å²) in [5.74, 6) is -0.955. The minimum Gasteiger partial charge on any atom is -0.399 e. The van der Waals surface area contributed by atoms with E-state index in [1.165, 1.54) is 24.3 Å². The molecule has 3 aromatic carbocycles. The van der Waals surface area contributed by atoms with Gasteiger partial charge in [0.25, 0.3) is 5.91 Å². The highest BCUT2D eigenvalue weighted by Gasteiger charge is 2.40. The number of benzene rings is 3. The summed E-state index contributed by atoms with van der Waals surface area (Å²) >= 11 is 3.44. The van der Waals surface area contributed by atoms with E-state index in [2.05, 4.69) is 15.9 Å². The number of hydrogen-bond donors (Lipinski definition) is 1. The van der Waals surface area contributed by atoms with E-state index >= 15 is 0 Å². The molecule has 1 amide bonds. The van der Waals surface area contributed by atoms with Crippen molar-refractivity contribution in [1.29, 1.82) is 0 Å². The van der Waals surface area contributed by atoms with E-state index in [1.807, 2.05) is 30.5 Å². The minimum atomic E-state index is -0.720. The van der Waals surface area contributed by atoms with Gasteiger partial charge in [0, 0.05) is 34.0 Å². The number of carbonyl (C=O) groups is 1. The highest BCUT2D eigenvalue weighted by molar-refractivity contribution is 9.10. The molecule has 0 spiro atoms. The maximum Gasteiger partial charge on any atom is 0.253 e. The number of amides is 1. The van der Waals surface area contributed by atoms with Crippen LogP contribution in [0.1, 0.15) is 24.3 Å². The normalized spacial score (nSPS) is 17.7. The summed E-state index contributed by atoms with van der Waals surface area (Å²) in [6.45, 7) is 2.00. The first-order valence-corrected chi connectivity index (χ1v) is 12.2. The number of halogens is 3. The fourth-order valence-electron chi connectivity index (χ4n) is 4.34. The molecule has 0 saturated carbocycles. The number of anilines is 1. The van der Waals surface area contributed by atoms with Crippen molar-refractivity contribution in [3.63, 3.8) is 0 Å². The highest BCUT2D eigenvalue weighted by atomic mass is 79.9. The monoisotopic (exact) mass is 552 g/mol. The molecule has 184 valence electrons. The fourth-order valence-corrected chi connectivity index (χ4v) is 4.60. The first-order chi connectivity index (χ1) is 17.3. The van der Waals surface area contributed by atoms with E-state index in [9.17, 15) is 13.6 Å². The molecule has 4 aromatic rings. The van der Waals surface area contributed by atoms with Crippen molar-refractivity contribution in [2.75, 3.05) is 12.3 Å². The lowest BCUT2D eigenvalue weighted by Gasteiger charge is -2.23. The highest BCUT2D eigenvalue weighted by Crippen LogP contribution is 2.37. The third kappa shape index (κ3) is 4.89. The molecular weight excluding hydrogens is 530 g/mol. The Hall–Kier alpha value is -3.56. The van der Waals surface area contributed by atoms with Gasteiger partial charge in [-0.2, -0.15) is 5.10 Å². The van der Waals surface area contributed by atoms with E-state index in [-0.39, 0.29) is 11.7 Å². The molecular formula is C27H23BrF2N4O2. The Labute approximate surface area is 215 Å². The Morgan fingerprint density at radius 1 is 1.03 bits per heavy atom. The number of nitrogens with two attached hydrogens (primary N) is 1. The van der Waals surface area contributed by atoms with E-state index in [1.54, 1.807) is 34.7 Å². The summed E-state index contributed by atoms with van der Waals surface area (Å²) in [4.78, 5) is 14.7. The van der Waals surface area contributed by atoms with E-state index in [0.717, 1.165) is 10.2 Å². The molecule has 2 N–H and O–H groups in total. The largest absolute Gasteiger partial charge is 0.399 e. The SMILES string of the molecule is C[C@H]1O[C@H](c2cn(-c3ccc(Br)cc3)nc2-c2ccc(F)cc2)N(CCc2cc(N)cc(F)c2)C1=O. The second-order valence-electron chi connectivity index (χ2n) is 8.67. The smallest absolute Gasteiger partial charge is 0.253 e. The molecule has 0 radical (unpaired) electrons. The topological polar surface area (TPSA) is 73.4 Å². The van der Waals surface area contributed by atoms with Crippen molar-refractivity contribution < 1.29 is 18.3 Å². The summed E-state index contributed by atoms with van der Waals surface area (Å²) < 4.78 is 36.2. The lowest BCUT2D eigenvalue weighted by Crippen LogP contribution is -2.32. The second kappa shape index (κ2) is 9.83. The Morgan fingerprint density at radius 3 is 2.44 bits per heavy atom. The van der Waals surface area contributed by atoms with Gasteiger partial charge in [-0.15, -0.1) is 0 Å². The molecule has 2 heterocycles. The molecule has 36 heavy (non-hydrogen) atoms. The second-order valence-corrected chi connectivity index (χ2v) is 9.58. The lowest BCUT2D eigenvalue weighted by atomic mass is 10.1. The summed E-state index contributed by atoms with van der Waals surface area (Å²) in [5.41, 5.74) is 9.54. The van der Waals surface area contributed by atoms with Crippen molar-refractivity contribution in [2.45, 2.75) is 25.7 Å². The van der Waals surface area contributed by atoms with Crippen LogP contribution in [0.4, 0.5) is 14.5 Å². The first kappa shape index (κ1) is 24.1. The molecule has 0 aliphatic carbocycles. The summed E-state index contributed by atoms with van der Waals surface area (Å²) in [6.07, 6.45) is 0.838. The van der Waals surface area contributed by atoms with Gasteiger partial charge in [0.05, 0.1) is 5.69 Å². The van der Waals surface area contributed by atoms with Crippen molar-refractivity contribution in [1.82, 2.24) is 14.7 Å². The van der Waals surface area contributed by atoms with Gasteiger partial charge in [-0.3, -0.25) is 4.79 Å². The van der Waals surface area contributed by atoms with Crippen LogP contribution in [0, 0.1) is 11.6 Å². The average molecular weight is 553 g/mol. The fraction of sp³-hybridized carbons (Fsp3) is 0.185. The lowest BCUT2D eigenvalue weighted by molar-refractivity contribution is -0.130. The van der Waals surface area contributed by atoms with Crippen LogP contribution in [-0.2, 0) is 16.0 Å². The zero-order valence-corrected chi connectivity index (χ0v) is 21.0. The van der Waals surface area contributed by atoms with Gasteiger partial charge in [0.15, 0.2) is 6.23 Å². The van der Waals surface area contributed by atoms with Crippen LogP contribution in [0.2, 0.25) is 0 Å². The van der Waals surface area contributed by atoms with Crippen LogP contribution < -0.4 is 5.73 Å². The Kier molecular flexibility index (Phi) is 6.59. The van der Waals surface area contributed by atoms with Crippen molar-refractivity contribution in [3.05, 3.63) is 100 Å². The van der Waals surface area contributed by atoms with E-state index in [0.29, 0.717) is 41.0 Å². The standard InChI is InChI=1S/C27H23BrF2N4O2/c1-16-26(35)33(11-10-17-12-21(30)14-22(31)13-17)27(36-16)24-15-34(23-8-4-19(28)5-9-23)32-25(24)18-2-6-20(29)7-3-18/h2-9,12-16,27H,10-11,31H2,1H3/t16-,27-/m1/s1. The first-order valence-electron chi connectivity index (χ1n) is 11.4. The van der Waals surface area contributed by atoms with Gasteiger partial charge in [-0.1, -0.05) is 15.9 Å². The van der Waals surface area contributed by atoms with Crippen LogP contribution in [0.3, 0.4) is 0 Å². The number of nitrogens with zero attached hydrogens (tertiary/aromatic N) is 3. The molecule has 1 aliphatic heterocycles. The van der Waals surface area contributed by atoms with Gasteiger partial charge in [-0.25, -0.2) is 13.5 Å². The number of nitrogen functional groups attached to an aromatic ring is 1. The zero-order chi connectivity index (χ0) is 25.4. The molecule has 1 saturated heterocycles. The molecule has 0 bridgehead atoms. The molecule has 5 rings (SSSR count). The predicted octanol–water partition coefficient (Wildman–Crippen LogP) is 5.65. The van der Waals surface area contributed by atoms with Crippen LogP contribution in [-0.4, -0.2) is 33.2 Å². The average Bonchev–Trinajstić information content (AvgIpc) is 3.39. The maximum absolute atomic E-state index is 13.8. The quantitative estimate of drug-likeness (QED) is 0.313. The van der Waals surface area contributed by atoms with Crippen LogP contribution in [0.5, 0.6) is 0 Å². The molecule has 1 fully saturated rings. The Balaban J connectivity index is 1.53. The Bertz CT molecular complexity index is 1390. The van der Waals surface area contributed by atoms with Gasteiger partial charge in [0.1, 0.15) is 23.4 Å². The van der Waals surface area contributed by atoms with Crippen molar-refractivity contribution >= 4 is 27.5 Å². The van der Waals surface area contributed by atoms with Crippen LogP contribution in [0.15, 0.2) is 77.4 Å². The molecule has 9 heteroatoms. The number of ether oxygens (including phenoxy) is 1. The molecule has 1 aromatic heterocycles. The van der Waals surface area contributed by atoms with E-state index < -0.39 is 18.1 Å². The summed E-state index contributed by atoms with van der Waals surface area (Å²) in [6, 6.07) is 18.0. The van der Waals surface area contributed by atoms with Crippen molar-refractivity contribution in [3.8, 4) is 16.9 Å². The third-order valence-electron chi connectivity index (χ3n) is 6.09.